The van der Waals surface area contributed by atoms with Crippen molar-refractivity contribution in [3.63, 3.8) is 0 Å². The van der Waals surface area contributed by atoms with Crippen LogP contribution in [0.3, 0.4) is 0 Å². The second kappa shape index (κ2) is 5.16. The highest BCUT2D eigenvalue weighted by Crippen LogP contribution is 2.32. The van der Waals surface area contributed by atoms with Crippen LogP contribution < -0.4 is 4.90 Å². The molecule has 3 N–H and O–H groups in total. The summed E-state index contributed by atoms with van der Waals surface area (Å²) in [5.41, 5.74) is 1.53. The van der Waals surface area contributed by atoms with Crippen molar-refractivity contribution in [1.82, 2.24) is 9.97 Å². The monoisotopic (exact) mass is 326 g/mol. The summed E-state index contributed by atoms with van der Waals surface area (Å²) in [6.07, 6.45) is 0. The summed E-state index contributed by atoms with van der Waals surface area (Å²) < 4.78 is 27.4. The fourth-order valence-corrected chi connectivity index (χ4v) is 2.80. The number of amidine groups is 1. The van der Waals surface area contributed by atoms with E-state index in [1.165, 1.54) is 4.90 Å². The average Bonchev–Trinajstić information content (AvgIpc) is 3.10. The van der Waals surface area contributed by atoms with Gasteiger partial charge in [-0.1, -0.05) is 12.1 Å². The molecule has 1 aliphatic rings. The first-order valence-corrected chi connectivity index (χ1v) is 7.23. The molecule has 3 aromatic rings. The normalized spacial score (nSPS) is 14.9. The Morgan fingerprint density at radius 1 is 1.17 bits per heavy atom. The molecule has 0 aliphatic carbocycles. The first-order chi connectivity index (χ1) is 11.5. The highest BCUT2D eigenvalue weighted by molar-refractivity contribution is 6.30. The zero-order valence-electron chi connectivity index (χ0n) is 12.3. The second-order valence-corrected chi connectivity index (χ2v) is 5.45. The van der Waals surface area contributed by atoms with Gasteiger partial charge in [0.25, 0.3) is 0 Å². The van der Waals surface area contributed by atoms with Crippen LogP contribution in [0.25, 0.3) is 16.6 Å². The lowest BCUT2D eigenvalue weighted by atomic mass is 10.2. The van der Waals surface area contributed by atoms with E-state index < -0.39 is 11.6 Å². The van der Waals surface area contributed by atoms with Gasteiger partial charge in [-0.3, -0.25) is 5.41 Å². The summed E-state index contributed by atoms with van der Waals surface area (Å²) in [4.78, 5) is 8.59. The molecule has 1 aliphatic heterocycles. The number of hydrogen-bond donors (Lipinski definition) is 3. The van der Waals surface area contributed by atoms with Gasteiger partial charge in [-0.25, -0.2) is 13.8 Å². The van der Waals surface area contributed by atoms with Crippen LogP contribution in [0.5, 0.6) is 0 Å². The Bertz CT molecular complexity index is 976. The van der Waals surface area contributed by atoms with Crippen molar-refractivity contribution in [2.24, 2.45) is 0 Å². The average molecular weight is 326 g/mol. The Labute approximate surface area is 135 Å². The highest BCUT2D eigenvalue weighted by Gasteiger charge is 2.32. The summed E-state index contributed by atoms with van der Waals surface area (Å²) in [6, 6.07) is 10.3. The fourth-order valence-electron chi connectivity index (χ4n) is 2.80. The van der Waals surface area contributed by atoms with Gasteiger partial charge in [0.2, 0.25) is 0 Å². The van der Waals surface area contributed by atoms with Gasteiger partial charge in [-0.15, -0.1) is 0 Å². The van der Waals surface area contributed by atoms with Gasteiger partial charge in [-0.05, 0) is 24.3 Å². The number of nitrogens with one attached hydrogen (secondary N) is 2. The molecule has 4 rings (SSSR count). The number of aromatic amines is 1. The molecule has 0 atom stereocenters. The van der Waals surface area contributed by atoms with Gasteiger partial charge >= 0.3 is 0 Å². The number of para-hydroxylation sites is 2. The van der Waals surface area contributed by atoms with E-state index in [1.807, 2.05) is 18.2 Å². The highest BCUT2D eigenvalue weighted by atomic mass is 19.1. The minimum Gasteiger partial charge on any atom is -0.509 e. The van der Waals surface area contributed by atoms with Gasteiger partial charge in [0, 0.05) is 6.07 Å². The molecule has 0 spiro atoms. The smallest absolute Gasteiger partial charge is 0.147 e. The number of aromatic nitrogens is 2. The second-order valence-electron chi connectivity index (χ2n) is 5.45. The lowest BCUT2D eigenvalue weighted by molar-refractivity contribution is 0.411. The maximum absolute atomic E-state index is 14.0. The van der Waals surface area contributed by atoms with Crippen LogP contribution in [0.1, 0.15) is 5.82 Å². The quantitative estimate of drug-likeness (QED) is 0.673. The van der Waals surface area contributed by atoms with E-state index in [1.54, 1.807) is 6.07 Å². The minimum absolute atomic E-state index is 0.0994. The van der Waals surface area contributed by atoms with Crippen molar-refractivity contribution in [2.45, 2.75) is 0 Å². The largest absolute Gasteiger partial charge is 0.509 e. The Balaban J connectivity index is 1.76. The van der Waals surface area contributed by atoms with Crippen molar-refractivity contribution < 1.29 is 13.9 Å². The van der Waals surface area contributed by atoms with Crippen molar-refractivity contribution in [3.05, 3.63) is 65.7 Å². The van der Waals surface area contributed by atoms with Crippen molar-refractivity contribution in [3.8, 4) is 0 Å². The first kappa shape index (κ1) is 14.4. The molecule has 7 heteroatoms. The molecule has 0 fully saturated rings. The summed E-state index contributed by atoms with van der Waals surface area (Å²) in [7, 11) is 0. The van der Waals surface area contributed by atoms with E-state index >= 15 is 0 Å². The molecule has 0 amide bonds. The Morgan fingerprint density at radius 2 is 1.96 bits per heavy atom. The summed E-state index contributed by atoms with van der Waals surface area (Å²) in [6.45, 7) is -0.119. The van der Waals surface area contributed by atoms with Gasteiger partial charge in [0.15, 0.2) is 0 Å². The maximum atomic E-state index is 14.0. The number of anilines is 1. The summed E-state index contributed by atoms with van der Waals surface area (Å²) >= 11 is 0. The van der Waals surface area contributed by atoms with Gasteiger partial charge in [0.05, 0.1) is 28.8 Å². The van der Waals surface area contributed by atoms with Crippen LogP contribution in [-0.2, 0) is 0 Å². The predicted octanol–water partition coefficient (Wildman–Crippen LogP) is 3.61. The molecule has 120 valence electrons. The Morgan fingerprint density at radius 3 is 2.75 bits per heavy atom. The molecule has 1 aromatic heterocycles. The van der Waals surface area contributed by atoms with Gasteiger partial charge < -0.3 is 15.0 Å². The Hall–Kier alpha value is -3.22. The molecule has 24 heavy (non-hydrogen) atoms. The number of H-pyrrole nitrogens is 1. The summed E-state index contributed by atoms with van der Waals surface area (Å²) in [5, 5.41) is 18.5. The molecule has 0 bridgehead atoms. The Kier molecular flexibility index (Phi) is 3.09. The lowest BCUT2D eigenvalue weighted by Crippen LogP contribution is -2.27. The van der Waals surface area contributed by atoms with Gasteiger partial charge in [0.1, 0.15) is 29.1 Å². The number of fused-ring (bicyclic) bond motifs is 1. The van der Waals surface area contributed by atoms with Crippen LogP contribution in [0, 0.1) is 17.0 Å². The van der Waals surface area contributed by atoms with Crippen LogP contribution in [0.15, 0.2) is 48.2 Å². The molecule has 0 saturated carbocycles. The lowest BCUT2D eigenvalue weighted by Gasteiger charge is -2.19. The van der Waals surface area contributed by atoms with E-state index in [2.05, 4.69) is 9.97 Å². The van der Waals surface area contributed by atoms with E-state index in [0.29, 0.717) is 11.3 Å². The zero-order chi connectivity index (χ0) is 16.8. The van der Waals surface area contributed by atoms with Crippen LogP contribution in [0.4, 0.5) is 14.5 Å². The van der Waals surface area contributed by atoms with Crippen molar-refractivity contribution in [1.29, 1.82) is 5.41 Å². The molecule has 2 heterocycles. The minimum atomic E-state index is -0.667. The van der Waals surface area contributed by atoms with Gasteiger partial charge in [-0.2, -0.15) is 0 Å². The molecule has 5 nitrogen and oxygen atoms in total. The number of nitrogens with zero attached hydrogens (tertiary/aromatic N) is 2. The molecular formula is C17H12F2N4O. The number of aliphatic hydroxyl groups excluding tert-OH is 1. The van der Waals surface area contributed by atoms with Crippen molar-refractivity contribution in [2.75, 3.05) is 11.4 Å². The maximum Gasteiger partial charge on any atom is 0.147 e. The van der Waals surface area contributed by atoms with Crippen LogP contribution >= 0.6 is 0 Å². The van der Waals surface area contributed by atoms with E-state index in [-0.39, 0.29) is 29.4 Å². The molecule has 2 aromatic carbocycles. The van der Waals surface area contributed by atoms with Crippen LogP contribution in [-0.4, -0.2) is 27.5 Å². The SMILES string of the molecule is N=C1C(c2nc3ccccc3[nH]2)=C(O)CN1c1cc(F)ccc1F. The van der Waals surface area contributed by atoms with E-state index in [9.17, 15) is 13.9 Å². The number of aliphatic hydroxyl groups is 1. The van der Waals surface area contributed by atoms with E-state index in [0.717, 1.165) is 23.7 Å². The van der Waals surface area contributed by atoms with E-state index in [4.69, 9.17) is 5.41 Å². The molecular weight excluding hydrogens is 314 g/mol. The third kappa shape index (κ3) is 2.13. The number of imidazole rings is 1. The predicted molar refractivity (Wildman–Crippen MR) is 87.1 cm³/mol. The number of halogens is 2. The standard InChI is InChI=1S/C17H12F2N4O/c18-9-5-6-10(19)13(7-9)23-8-14(24)15(16(23)20)17-21-11-3-1-2-4-12(11)22-17/h1-7,20,24H,8H2,(H,21,22). The fraction of sp³-hybridized carbons (Fsp3) is 0.0588. The summed E-state index contributed by atoms with van der Waals surface area (Å²) in [5.74, 6) is -1.23. The number of hydrogen-bond acceptors (Lipinski definition) is 3. The molecule has 0 radical (unpaired) electrons. The van der Waals surface area contributed by atoms with Crippen LogP contribution in [0.2, 0.25) is 0 Å². The number of benzene rings is 2. The molecule has 0 saturated heterocycles. The number of rotatable bonds is 2. The first-order valence-electron chi connectivity index (χ1n) is 7.23. The topological polar surface area (TPSA) is 76.0 Å². The third-order valence-electron chi connectivity index (χ3n) is 3.93. The third-order valence-corrected chi connectivity index (χ3v) is 3.93. The zero-order valence-corrected chi connectivity index (χ0v) is 12.3. The van der Waals surface area contributed by atoms with Crippen molar-refractivity contribution >= 4 is 28.1 Å². The molecule has 0 unspecified atom stereocenters.